The van der Waals surface area contributed by atoms with E-state index in [0.717, 1.165) is 42.3 Å². The Morgan fingerprint density at radius 2 is 2.00 bits per heavy atom. The zero-order valence-electron chi connectivity index (χ0n) is 20.3. The molecule has 170 valence electrons. The van der Waals surface area contributed by atoms with E-state index in [1.165, 1.54) is 6.04 Å². The third kappa shape index (κ3) is 5.97. The van der Waals surface area contributed by atoms with Crippen LogP contribution in [0.4, 0.5) is 5.82 Å². The molecule has 7 heteroatoms. The van der Waals surface area contributed by atoms with Crippen LogP contribution >= 0.6 is 0 Å². The number of allylic oxidation sites excluding steroid dienone is 1. The molecule has 1 aromatic heterocycles. The average molecular weight is 444 g/mol. The summed E-state index contributed by atoms with van der Waals surface area (Å²) in [5.41, 5.74) is 3.10. The lowest BCUT2D eigenvalue weighted by molar-refractivity contribution is 0.0605. The summed E-state index contributed by atoms with van der Waals surface area (Å²) in [6.45, 7) is 15.6. The molecule has 0 saturated heterocycles. The Balaban J connectivity index is 1.78. The number of fused-ring (bicyclic) bond motifs is 1. The summed E-state index contributed by atoms with van der Waals surface area (Å²) in [4.78, 5) is 14.1. The molecule has 4 unspecified atom stereocenters. The van der Waals surface area contributed by atoms with Gasteiger partial charge in [0.2, 0.25) is 5.82 Å². The van der Waals surface area contributed by atoms with Crippen molar-refractivity contribution in [3.63, 3.8) is 0 Å². The van der Waals surface area contributed by atoms with Crippen LogP contribution in [0.15, 0.2) is 23.6 Å². The molecular weight excluding hydrogens is 404 g/mol. The topological polar surface area (TPSA) is 56.6 Å². The SMILES string of the molecule is CCOC(C)CC1C=C(c2ncnc3c2C=C[N+]3(C)COCC[Si](C)(C)C)C=NC1C. The quantitative estimate of drug-likeness (QED) is 0.290. The summed E-state index contributed by atoms with van der Waals surface area (Å²) < 4.78 is 12.4. The predicted octanol–water partition coefficient (Wildman–Crippen LogP) is 5.00. The van der Waals surface area contributed by atoms with E-state index in [1.807, 2.05) is 13.1 Å². The number of hydrogen-bond acceptors (Lipinski definition) is 5. The largest absolute Gasteiger partial charge is 0.379 e. The average Bonchev–Trinajstić information content (AvgIpc) is 3.04. The van der Waals surface area contributed by atoms with Gasteiger partial charge in [-0.15, -0.1) is 0 Å². The van der Waals surface area contributed by atoms with E-state index in [1.54, 1.807) is 6.33 Å². The zero-order valence-corrected chi connectivity index (χ0v) is 21.3. The third-order valence-corrected chi connectivity index (χ3v) is 7.77. The van der Waals surface area contributed by atoms with Gasteiger partial charge < -0.3 is 9.47 Å². The molecule has 6 nitrogen and oxygen atoms in total. The van der Waals surface area contributed by atoms with Crippen LogP contribution in [-0.4, -0.2) is 63.4 Å². The summed E-state index contributed by atoms with van der Waals surface area (Å²) in [6, 6.07) is 1.42. The molecule has 3 heterocycles. The second kappa shape index (κ2) is 9.86. The molecule has 0 spiro atoms. The van der Waals surface area contributed by atoms with Gasteiger partial charge in [-0.05, 0) is 33.2 Å². The molecule has 0 fully saturated rings. The number of quaternary nitrogens is 1. The molecule has 3 rings (SSSR count). The lowest BCUT2D eigenvalue weighted by Gasteiger charge is -2.27. The standard InChI is InChI=1S/C24H39N4O2Si/c1-8-30-18(2)13-20-14-21(15-25-19(20)3)23-22-9-10-28(4,24(22)27-16-26-23)17-29-11-12-31(5,6)7/h9-10,14-16,18-20H,8,11-13,17H2,1-7H3/q+1. The Labute approximate surface area is 188 Å². The number of ether oxygens (including phenoxy) is 2. The number of nitrogens with zero attached hydrogens (tertiary/aromatic N) is 4. The lowest BCUT2D eigenvalue weighted by atomic mass is 9.89. The maximum Gasteiger partial charge on any atom is 0.245 e. The zero-order chi connectivity index (χ0) is 22.6. The van der Waals surface area contributed by atoms with Gasteiger partial charge in [0.15, 0.2) is 6.73 Å². The summed E-state index contributed by atoms with van der Waals surface area (Å²) >= 11 is 0. The highest BCUT2D eigenvalue weighted by Crippen LogP contribution is 2.37. The van der Waals surface area contributed by atoms with Crippen molar-refractivity contribution in [2.45, 2.75) is 65.0 Å². The van der Waals surface area contributed by atoms with Gasteiger partial charge in [0.05, 0.1) is 37.1 Å². The second-order valence-corrected chi connectivity index (χ2v) is 15.8. The van der Waals surface area contributed by atoms with Crippen molar-refractivity contribution in [1.29, 1.82) is 0 Å². The Bertz CT molecular complexity index is 862. The smallest absolute Gasteiger partial charge is 0.245 e. The lowest BCUT2D eigenvalue weighted by Crippen LogP contribution is -2.41. The first-order chi connectivity index (χ1) is 14.6. The summed E-state index contributed by atoms with van der Waals surface area (Å²) in [5.74, 6) is 1.33. The van der Waals surface area contributed by atoms with Crippen molar-refractivity contribution in [3.05, 3.63) is 29.9 Å². The van der Waals surface area contributed by atoms with Crippen LogP contribution in [0.1, 0.15) is 38.4 Å². The van der Waals surface area contributed by atoms with E-state index >= 15 is 0 Å². The minimum absolute atomic E-state index is 0.215. The van der Waals surface area contributed by atoms with Crippen LogP contribution in [0.5, 0.6) is 0 Å². The Hall–Kier alpha value is -1.67. The van der Waals surface area contributed by atoms with E-state index in [0.29, 0.717) is 17.1 Å². The summed E-state index contributed by atoms with van der Waals surface area (Å²) in [5, 5.41) is 0. The molecule has 0 amide bonds. The van der Waals surface area contributed by atoms with Crippen LogP contribution in [-0.2, 0) is 9.47 Å². The fourth-order valence-corrected chi connectivity index (χ4v) is 4.84. The number of rotatable bonds is 10. The molecule has 1 aromatic rings. The van der Waals surface area contributed by atoms with Gasteiger partial charge >= 0.3 is 0 Å². The van der Waals surface area contributed by atoms with Crippen molar-refractivity contribution in [2.24, 2.45) is 10.9 Å². The first-order valence-corrected chi connectivity index (χ1v) is 15.2. The van der Waals surface area contributed by atoms with Gasteiger partial charge in [0.25, 0.3) is 0 Å². The van der Waals surface area contributed by atoms with Crippen molar-refractivity contribution in [3.8, 4) is 0 Å². The molecule has 0 aromatic carbocycles. The van der Waals surface area contributed by atoms with Gasteiger partial charge in [-0.25, -0.2) is 9.47 Å². The molecule has 2 aliphatic heterocycles. The van der Waals surface area contributed by atoms with Gasteiger partial charge in [-0.3, -0.25) is 4.99 Å². The summed E-state index contributed by atoms with van der Waals surface area (Å²) in [6.07, 6.45) is 11.4. The number of aliphatic imine (C=N–C) groups is 1. The van der Waals surface area contributed by atoms with Gasteiger partial charge in [0.1, 0.15) is 12.5 Å². The van der Waals surface area contributed by atoms with E-state index < -0.39 is 8.07 Å². The van der Waals surface area contributed by atoms with Crippen molar-refractivity contribution < 1.29 is 9.47 Å². The molecule has 31 heavy (non-hydrogen) atoms. The normalized spacial score (nSPS) is 26.1. The highest BCUT2D eigenvalue weighted by Gasteiger charge is 2.35. The highest BCUT2D eigenvalue weighted by molar-refractivity contribution is 6.76. The molecule has 0 N–H and O–H groups in total. The maximum atomic E-state index is 6.08. The van der Waals surface area contributed by atoms with Crippen LogP contribution in [0.3, 0.4) is 0 Å². The van der Waals surface area contributed by atoms with Crippen molar-refractivity contribution in [2.75, 3.05) is 27.0 Å². The van der Waals surface area contributed by atoms with E-state index in [-0.39, 0.29) is 12.1 Å². The van der Waals surface area contributed by atoms with Crippen molar-refractivity contribution in [1.82, 2.24) is 14.5 Å². The fourth-order valence-electron chi connectivity index (χ4n) is 4.09. The molecule has 0 bridgehead atoms. The first-order valence-electron chi connectivity index (χ1n) is 11.5. The van der Waals surface area contributed by atoms with E-state index in [9.17, 15) is 0 Å². The van der Waals surface area contributed by atoms with E-state index in [2.05, 4.69) is 68.9 Å². The van der Waals surface area contributed by atoms with Gasteiger partial charge in [-0.1, -0.05) is 25.7 Å². The molecule has 0 radical (unpaired) electrons. The number of dihydropyridines is 1. The second-order valence-electron chi connectivity index (χ2n) is 10.2. The Morgan fingerprint density at radius 1 is 1.23 bits per heavy atom. The highest BCUT2D eigenvalue weighted by atomic mass is 28.3. The van der Waals surface area contributed by atoms with E-state index in [4.69, 9.17) is 14.5 Å². The minimum Gasteiger partial charge on any atom is -0.379 e. The fraction of sp³-hybridized carbons (Fsp3) is 0.625. The van der Waals surface area contributed by atoms with Crippen LogP contribution in [0, 0.1) is 5.92 Å². The molecule has 2 aliphatic rings. The van der Waals surface area contributed by atoms with Crippen LogP contribution < -0.4 is 4.48 Å². The monoisotopic (exact) mass is 443 g/mol. The van der Waals surface area contributed by atoms with Crippen molar-refractivity contribution >= 4 is 31.8 Å². The van der Waals surface area contributed by atoms with Gasteiger partial charge in [-0.2, -0.15) is 4.98 Å². The number of hydrogen-bond donors (Lipinski definition) is 0. The molecule has 4 atom stereocenters. The molecule has 0 aliphatic carbocycles. The predicted molar refractivity (Wildman–Crippen MR) is 133 cm³/mol. The Kier molecular flexibility index (Phi) is 7.62. The Morgan fingerprint density at radius 3 is 2.71 bits per heavy atom. The first kappa shape index (κ1) is 24.0. The van der Waals surface area contributed by atoms with Gasteiger partial charge in [0, 0.05) is 38.5 Å². The number of aromatic nitrogens is 2. The van der Waals surface area contributed by atoms with Crippen LogP contribution in [0.2, 0.25) is 25.7 Å². The minimum atomic E-state index is -1.10. The van der Waals surface area contributed by atoms with Crippen LogP contribution in [0.25, 0.3) is 11.6 Å². The molecule has 0 saturated carbocycles. The maximum absolute atomic E-state index is 6.08. The third-order valence-electron chi connectivity index (χ3n) is 6.06. The summed E-state index contributed by atoms with van der Waals surface area (Å²) in [7, 11) is 1.05. The molecular formula is C24H39N4O2Si+.